The zero-order valence-corrected chi connectivity index (χ0v) is 14.0. The zero-order valence-electron chi connectivity index (χ0n) is 14.0. The summed E-state index contributed by atoms with van der Waals surface area (Å²) >= 11 is 0. The van der Waals surface area contributed by atoms with Gasteiger partial charge in [0.05, 0.1) is 24.3 Å². The van der Waals surface area contributed by atoms with E-state index in [-0.39, 0.29) is 23.8 Å². The normalized spacial score (nSPS) is 21.9. The van der Waals surface area contributed by atoms with E-state index >= 15 is 0 Å². The van der Waals surface area contributed by atoms with Crippen molar-refractivity contribution < 1.29 is 14.3 Å². The molecule has 0 unspecified atom stereocenters. The lowest BCUT2D eigenvalue weighted by molar-refractivity contribution is -0.141. The van der Waals surface area contributed by atoms with E-state index in [0.29, 0.717) is 39.2 Å². The molecule has 2 aliphatic heterocycles. The van der Waals surface area contributed by atoms with Gasteiger partial charge in [0.1, 0.15) is 0 Å². The molecular weight excluding hydrogens is 296 g/mol. The van der Waals surface area contributed by atoms with Crippen LogP contribution in [0, 0.1) is 19.8 Å². The van der Waals surface area contributed by atoms with Crippen molar-refractivity contribution in [3.8, 4) is 0 Å². The van der Waals surface area contributed by atoms with Crippen LogP contribution in [0.3, 0.4) is 0 Å². The maximum atomic E-state index is 12.5. The molecule has 2 amide bonds. The minimum absolute atomic E-state index is 0.0519. The van der Waals surface area contributed by atoms with Crippen LogP contribution in [0.1, 0.15) is 23.9 Å². The molecular formula is C16H24N4O3. The van der Waals surface area contributed by atoms with Crippen molar-refractivity contribution in [3.63, 3.8) is 0 Å². The molecule has 126 valence electrons. The molecule has 1 aromatic rings. The number of hydrogen-bond donors (Lipinski definition) is 0. The third-order valence-corrected chi connectivity index (χ3v) is 4.69. The Kier molecular flexibility index (Phi) is 4.39. The van der Waals surface area contributed by atoms with E-state index in [2.05, 4.69) is 5.10 Å². The second kappa shape index (κ2) is 6.31. The SMILES string of the molecule is COCCN1C[C@@H](C(=O)N2CC(n3nc(C)cc3C)C2)CC1=O. The summed E-state index contributed by atoms with van der Waals surface area (Å²) in [6.45, 7) is 6.97. The highest BCUT2D eigenvalue weighted by atomic mass is 16.5. The van der Waals surface area contributed by atoms with Crippen molar-refractivity contribution in [1.29, 1.82) is 0 Å². The molecule has 0 aromatic carbocycles. The van der Waals surface area contributed by atoms with E-state index in [9.17, 15) is 9.59 Å². The van der Waals surface area contributed by atoms with Crippen LogP contribution in [0.15, 0.2) is 6.07 Å². The number of nitrogens with zero attached hydrogens (tertiary/aromatic N) is 4. The lowest BCUT2D eigenvalue weighted by Gasteiger charge is -2.41. The Balaban J connectivity index is 1.53. The van der Waals surface area contributed by atoms with E-state index in [4.69, 9.17) is 4.74 Å². The number of rotatable bonds is 5. The Morgan fingerprint density at radius 2 is 2.09 bits per heavy atom. The van der Waals surface area contributed by atoms with Crippen LogP contribution in [-0.2, 0) is 14.3 Å². The predicted octanol–water partition coefficient (Wildman–Crippen LogP) is 0.378. The van der Waals surface area contributed by atoms with Gasteiger partial charge in [0.15, 0.2) is 0 Å². The molecule has 2 fully saturated rings. The van der Waals surface area contributed by atoms with Gasteiger partial charge in [-0.2, -0.15) is 5.10 Å². The third kappa shape index (κ3) is 3.10. The van der Waals surface area contributed by atoms with Gasteiger partial charge in [0.2, 0.25) is 11.8 Å². The Labute approximate surface area is 136 Å². The second-order valence-corrected chi connectivity index (χ2v) is 6.50. The Hall–Kier alpha value is -1.89. The molecule has 0 N–H and O–H groups in total. The first-order valence-electron chi connectivity index (χ1n) is 8.08. The number of methoxy groups -OCH3 is 1. The second-order valence-electron chi connectivity index (χ2n) is 6.50. The molecule has 3 heterocycles. The highest BCUT2D eigenvalue weighted by Gasteiger charge is 2.41. The highest BCUT2D eigenvalue weighted by molar-refractivity contribution is 5.89. The molecule has 0 spiro atoms. The summed E-state index contributed by atoms with van der Waals surface area (Å²) in [5.41, 5.74) is 2.13. The van der Waals surface area contributed by atoms with Crippen LogP contribution in [0.4, 0.5) is 0 Å². The summed E-state index contributed by atoms with van der Waals surface area (Å²) in [5.74, 6) is -0.0622. The van der Waals surface area contributed by atoms with Gasteiger partial charge in [-0.15, -0.1) is 0 Å². The number of aryl methyl sites for hydroxylation is 2. The van der Waals surface area contributed by atoms with Gasteiger partial charge in [-0.3, -0.25) is 14.3 Å². The summed E-state index contributed by atoms with van der Waals surface area (Å²) in [6.07, 6.45) is 0.323. The summed E-state index contributed by atoms with van der Waals surface area (Å²) in [5, 5.41) is 4.48. The number of aromatic nitrogens is 2. The molecule has 2 aliphatic rings. The smallest absolute Gasteiger partial charge is 0.228 e. The fourth-order valence-electron chi connectivity index (χ4n) is 3.42. The maximum absolute atomic E-state index is 12.5. The lowest BCUT2D eigenvalue weighted by Crippen LogP contribution is -2.53. The van der Waals surface area contributed by atoms with Gasteiger partial charge in [-0.1, -0.05) is 0 Å². The first-order chi connectivity index (χ1) is 11.0. The van der Waals surface area contributed by atoms with Crippen LogP contribution in [0.2, 0.25) is 0 Å². The van der Waals surface area contributed by atoms with E-state index in [1.807, 2.05) is 29.5 Å². The van der Waals surface area contributed by atoms with E-state index < -0.39 is 0 Å². The first kappa shape index (κ1) is 16.0. The lowest BCUT2D eigenvalue weighted by atomic mass is 10.0. The van der Waals surface area contributed by atoms with Crippen molar-refractivity contribution in [3.05, 3.63) is 17.5 Å². The van der Waals surface area contributed by atoms with Crippen LogP contribution in [0.5, 0.6) is 0 Å². The van der Waals surface area contributed by atoms with Crippen molar-refractivity contribution in [2.45, 2.75) is 26.3 Å². The van der Waals surface area contributed by atoms with Gasteiger partial charge in [0, 0.05) is 45.4 Å². The summed E-state index contributed by atoms with van der Waals surface area (Å²) in [6, 6.07) is 2.31. The first-order valence-corrected chi connectivity index (χ1v) is 8.08. The van der Waals surface area contributed by atoms with Crippen LogP contribution < -0.4 is 0 Å². The fourth-order valence-corrected chi connectivity index (χ4v) is 3.42. The molecule has 0 bridgehead atoms. The Bertz CT molecular complexity index is 606. The molecule has 1 aromatic heterocycles. The minimum Gasteiger partial charge on any atom is -0.383 e. The molecule has 1 atom stereocenters. The number of carbonyl (C=O) groups excluding carboxylic acids is 2. The van der Waals surface area contributed by atoms with Crippen LogP contribution in [0.25, 0.3) is 0 Å². The summed E-state index contributed by atoms with van der Waals surface area (Å²) < 4.78 is 7.01. The third-order valence-electron chi connectivity index (χ3n) is 4.69. The Morgan fingerprint density at radius 3 is 2.70 bits per heavy atom. The number of amides is 2. The van der Waals surface area contributed by atoms with Gasteiger partial charge in [-0.05, 0) is 19.9 Å². The van der Waals surface area contributed by atoms with E-state index in [1.165, 1.54) is 0 Å². The number of ether oxygens (including phenoxy) is 1. The van der Waals surface area contributed by atoms with Crippen molar-refractivity contribution >= 4 is 11.8 Å². The van der Waals surface area contributed by atoms with Crippen molar-refractivity contribution in [2.75, 3.05) is 39.9 Å². The number of carbonyl (C=O) groups is 2. The Morgan fingerprint density at radius 1 is 1.35 bits per heavy atom. The molecule has 0 saturated carbocycles. The van der Waals surface area contributed by atoms with Crippen molar-refractivity contribution in [1.82, 2.24) is 19.6 Å². The molecule has 3 rings (SSSR count). The molecule has 0 radical (unpaired) electrons. The van der Waals surface area contributed by atoms with Crippen LogP contribution in [-0.4, -0.2) is 71.3 Å². The predicted molar refractivity (Wildman–Crippen MR) is 83.9 cm³/mol. The molecule has 7 nitrogen and oxygen atoms in total. The molecule has 0 aliphatic carbocycles. The quantitative estimate of drug-likeness (QED) is 0.786. The van der Waals surface area contributed by atoms with E-state index in [0.717, 1.165) is 11.4 Å². The maximum Gasteiger partial charge on any atom is 0.228 e. The zero-order chi connectivity index (χ0) is 16.6. The molecule has 7 heteroatoms. The molecule has 2 saturated heterocycles. The summed E-state index contributed by atoms with van der Waals surface area (Å²) in [4.78, 5) is 28.1. The van der Waals surface area contributed by atoms with Gasteiger partial charge >= 0.3 is 0 Å². The average Bonchev–Trinajstić information content (AvgIpc) is 2.98. The van der Waals surface area contributed by atoms with Crippen LogP contribution >= 0.6 is 0 Å². The monoisotopic (exact) mass is 320 g/mol. The van der Waals surface area contributed by atoms with Gasteiger partial charge in [0.25, 0.3) is 0 Å². The largest absolute Gasteiger partial charge is 0.383 e. The summed E-state index contributed by atoms with van der Waals surface area (Å²) in [7, 11) is 1.61. The topological polar surface area (TPSA) is 67.7 Å². The van der Waals surface area contributed by atoms with E-state index in [1.54, 1.807) is 12.0 Å². The van der Waals surface area contributed by atoms with Gasteiger partial charge < -0.3 is 14.5 Å². The molecule has 23 heavy (non-hydrogen) atoms. The highest BCUT2D eigenvalue weighted by Crippen LogP contribution is 2.27. The average molecular weight is 320 g/mol. The fraction of sp³-hybridized carbons (Fsp3) is 0.688. The number of likely N-dealkylation sites (tertiary alicyclic amines) is 2. The number of hydrogen-bond acceptors (Lipinski definition) is 4. The standard InChI is InChI=1S/C16H24N4O3/c1-11-6-12(2)20(17-11)14-9-19(10-14)16(22)13-7-15(21)18(8-13)4-5-23-3/h6,13-14H,4-5,7-10H2,1-3H3/t13-/m0/s1. The minimum atomic E-state index is -0.208. The van der Waals surface area contributed by atoms with Crippen molar-refractivity contribution in [2.24, 2.45) is 5.92 Å². The van der Waals surface area contributed by atoms with Gasteiger partial charge in [-0.25, -0.2) is 0 Å².